The van der Waals surface area contributed by atoms with Crippen molar-refractivity contribution in [3.63, 3.8) is 0 Å². The molecule has 180 valence electrons. The molecule has 1 heterocycles. The van der Waals surface area contributed by atoms with E-state index >= 15 is 0 Å². The summed E-state index contributed by atoms with van der Waals surface area (Å²) in [6.45, 7) is 8.17. The minimum absolute atomic E-state index is 0.0868. The summed E-state index contributed by atoms with van der Waals surface area (Å²) in [6, 6.07) is 15.3. The van der Waals surface area contributed by atoms with Crippen molar-refractivity contribution in [2.45, 2.75) is 27.7 Å². The fraction of sp³-hybridized carbons (Fsp3) is 0.214. The van der Waals surface area contributed by atoms with Crippen LogP contribution in [0.15, 0.2) is 58.4 Å². The summed E-state index contributed by atoms with van der Waals surface area (Å²) in [6.07, 6.45) is 1.76. The molecule has 7 heteroatoms. The Morgan fingerprint density at radius 1 is 0.857 bits per heavy atom. The van der Waals surface area contributed by atoms with Crippen molar-refractivity contribution in [3.8, 4) is 17.2 Å². The van der Waals surface area contributed by atoms with Gasteiger partial charge in [-0.25, -0.2) is 4.99 Å². The number of hydrogen-bond donors (Lipinski definition) is 1. The number of aryl methyl sites for hydroxylation is 4. The maximum atomic E-state index is 13.6. The molecule has 3 aromatic carbocycles. The molecule has 1 aliphatic rings. The summed E-state index contributed by atoms with van der Waals surface area (Å²) in [5.74, 6) is 0.270. The second-order valence-electron chi connectivity index (χ2n) is 8.46. The van der Waals surface area contributed by atoms with E-state index in [1.54, 1.807) is 23.1 Å². The second kappa shape index (κ2) is 9.88. The number of benzene rings is 3. The SMILES string of the molecule is COc1cc(/C=C2\SC(=Nc3ccc(C)c(C)c3)N(c3ccc(C)c(C)c3)C2=O)cc(OC)c1O. The van der Waals surface area contributed by atoms with Gasteiger partial charge in [0.2, 0.25) is 5.75 Å². The minimum atomic E-state index is -0.174. The molecule has 0 aromatic heterocycles. The van der Waals surface area contributed by atoms with Gasteiger partial charge in [0.1, 0.15) is 0 Å². The van der Waals surface area contributed by atoms with E-state index in [2.05, 4.69) is 6.92 Å². The Hall–Kier alpha value is -3.71. The van der Waals surface area contributed by atoms with Crippen LogP contribution in [-0.2, 0) is 4.79 Å². The lowest BCUT2D eigenvalue weighted by atomic mass is 10.1. The predicted octanol–water partition coefficient (Wildman–Crippen LogP) is 6.45. The van der Waals surface area contributed by atoms with E-state index in [1.807, 2.05) is 57.2 Å². The van der Waals surface area contributed by atoms with Crippen molar-refractivity contribution in [1.82, 2.24) is 0 Å². The third kappa shape index (κ3) is 4.91. The number of carbonyl (C=O) groups is 1. The Labute approximate surface area is 209 Å². The van der Waals surface area contributed by atoms with Crippen molar-refractivity contribution in [2.75, 3.05) is 19.1 Å². The van der Waals surface area contributed by atoms with Gasteiger partial charge in [0.25, 0.3) is 5.91 Å². The van der Waals surface area contributed by atoms with Crippen LogP contribution < -0.4 is 14.4 Å². The first kappa shape index (κ1) is 24.4. The fourth-order valence-electron chi connectivity index (χ4n) is 3.70. The van der Waals surface area contributed by atoms with Crippen LogP contribution in [0.3, 0.4) is 0 Å². The highest BCUT2D eigenvalue weighted by Crippen LogP contribution is 2.41. The highest BCUT2D eigenvalue weighted by Gasteiger charge is 2.35. The number of phenols is 1. The molecule has 4 rings (SSSR count). The number of thioether (sulfide) groups is 1. The Morgan fingerprint density at radius 3 is 2.03 bits per heavy atom. The lowest BCUT2D eigenvalue weighted by molar-refractivity contribution is -0.113. The standard InChI is InChI=1S/C28H28N2O4S/c1-16-7-9-21(11-18(16)3)29-28-30(22-10-8-17(2)19(4)12-22)27(32)25(35-28)15-20-13-23(33-5)26(31)24(14-20)34-6/h7-15,31H,1-6H3/b25-15-,29-28?. The van der Waals surface area contributed by atoms with E-state index in [0.717, 1.165) is 28.1 Å². The molecule has 1 N–H and O–H groups in total. The van der Waals surface area contributed by atoms with E-state index in [1.165, 1.54) is 31.5 Å². The number of aliphatic imine (C=N–C) groups is 1. The van der Waals surface area contributed by atoms with Crippen LogP contribution in [0.4, 0.5) is 11.4 Å². The van der Waals surface area contributed by atoms with Crippen LogP contribution in [0.5, 0.6) is 17.2 Å². The van der Waals surface area contributed by atoms with Crippen LogP contribution in [0.25, 0.3) is 6.08 Å². The van der Waals surface area contributed by atoms with Gasteiger partial charge in [0, 0.05) is 0 Å². The monoisotopic (exact) mass is 488 g/mol. The zero-order valence-electron chi connectivity index (χ0n) is 20.7. The first-order chi connectivity index (χ1) is 16.7. The maximum Gasteiger partial charge on any atom is 0.271 e. The van der Waals surface area contributed by atoms with Gasteiger partial charge >= 0.3 is 0 Å². The number of phenolic OH excluding ortho intramolecular Hbond substituents is 1. The number of ether oxygens (including phenoxy) is 2. The number of hydrogen-bond acceptors (Lipinski definition) is 6. The van der Waals surface area contributed by atoms with Gasteiger partial charge < -0.3 is 14.6 Å². The molecule has 0 unspecified atom stereocenters. The van der Waals surface area contributed by atoms with Gasteiger partial charge in [-0.2, -0.15) is 0 Å². The molecule has 0 radical (unpaired) electrons. The number of rotatable bonds is 5. The number of carbonyl (C=O) groups excluding carboxylic acids is 1. The van der Waals surface area contributed by atoms with Gasteiger partial charge in [0.15, 0.2) is 16.7 Å². The highest BCUT2D eigenvalue weighted by molar-refractivity contribution is 8.19. The lowest BCUT2D eigenvalue weighted by Gasteiger charge is -2.17. The summed E-state index contributed by atoms with van der Waals surface area (Å²) in [7, 11) is 2.94. The summed E-state index contributed by atoms with van der Waals surface area (Å²) in [5.41, 5.74) is 6.78. The smallest absolute Gasteiger partial charge is 0.271 e. The largest absolute Gasteiger partial charge is 0.502 e. The number of aromatic hydroxyl groups is 1. The van der Waals surface area contributed by atoms with Crippen LogP contribution in [-0.4, -0.2) is 30.4 Å². The molecule has 3 aromatic rings. The van der Waals surface area contributed by atoms with Crippen molar-refractivity contribution in [3.05, 3.63) is 81.3 Å². The molecule has 1 aliphatic heterocycles. The number of methoxy groups -OCH3 is 2. The molecular weight excluding hydrogens is 460 g/mol. The Balaban J connectivity index is 1.82. The highest BCUT2D eigenvalue weighted by atomic mass is 32.2. The second-order valence-corrected chi connectivity index (χ2v) is 9.47. The van der Waals surface area contributed by atoms with Gasteiger partial charge in [0.05, 0.1) is 30.5 Å². The quantitative estimate of drug-likeness (QED) is 0.418. The molecule has 1 saturated heterocycles. The molecule has 0 atom stereocenters. The van der Waals surface area contributed by atoms with Gasteiger partial charge in [-0.3, -0.25) is 9.69 Å². The summed E-state index contributed by atoms with van der Waals surface area (Å²) in [4.78, 5) is 20.6. The minimum Gasteiger partial charge on any atom is -0.502 e. The van der Waals surface area contributed by atoms with Gasteiger partial charge in [-0.05, 0) is 110 Å². The van der Waals surface area contributed by atoms with Crippen molar-refractivity contribution < 1.29 is 19.4 Å². The normalized spacial score (nSPS) is 15.8. The molecule has 0 spiro atoms. The van der Waals surface area contributed by atoms with E-state index in [4.69, 9.17) is 14.5 Å². The number of amidine groups is 1. The number of anilines is 1. The molecule has 1 fully saturated rings. The molecule has 0 saturated carbocycles. The van der Waals surface area contributed by atoms with Crippen LogP contribution >= 0.6 is 11.8 Å². The predicted molar refractivity (Wildman–Crippen MR) is 143 cm³/mol. The van der Waals surface area contributed by atoms with E-state index in [-0.39, 0.29) is 23.2 Å². The molecule has 0 bridgehead atoms. The van der Waals surface area contributed by atoms with Gasteiger partial charge in [-0.1, -0.05) is 12.1 Å². The fourth-order valence-corrected chi connectivity index (χ4v) is 4.70. The molecule has 6 nitrogen and oxygen atoms in total. The Morgan fingerprint density at radius 2 is 1.46 bits per heavy atom. The Kier molecular flexibility index (Phi) is 6.89. The maximum absolute atomic E-state index is 13.6. The van der Waals surface area contributed by atoms with Crippen LogP contribution in [0.1, 0.15) is 27.8 Å². The van der Waals surface area contributed by atoms with Crippen molar-refractivity contribution in [2.24, 2.45) is 4.99 Å². The van der Waals surface area contributed by atoms with E-state index in [0.29, 0.717) is 15.6 Å². The number of amides is 1. The lowest BCUT2D eigenvalue weighted by Crippen LogP contribution is -2.28. The average Bonchev–Trinajstić information content (AvgIpc) is 3.13. The van der Waals surface area contributed by atoms with E-state index in [9.17, 15) is 9.90 Å². The van der Waals surface area contributed by atoms with Crippen molar-refractivity contribution >= 4 is 40.3 Å². The third-order valence-electron chi connectivity index (χ3n) is 6.07. The molecule has 35 heavy (non-hydrogen) atoms. The van der Waals surface area contributed by atoms with Crippen molar-refractivity contribution in [1.29, 1.82) is 0 Å². The molecule has 1 amide bonds. The topological polar surface area (TPSA) is 71.4 Å². The van der Waals surface area contributed by atoms with Crippen LogP contribution in [0, 0.1) is 27.7 Å². The Bertz CT molecular complexity index is 1350. The third-order valence-corrected chi connectivity index (χ3v) is 7.04. The first-order valence-corrected chi connectivity index (χ1v) is 12.0. The molecule has 0 aliphatic carbocycles. The zero-order chi connectivity index (χ0) is 25.3. The first-order valence-electron chi connectivity index (χ1n) is 11.1. The molecular formula is C28H28N2O4S. The van der Waals surface area contributed by atoms with E-state index < -0.39 is 0 Å². The number of nitrogens with zero attached hydrogens (tertiary/aromatic N) is 2. The van der Waals surface area contributed by atoms with Gasteiger partial charge in [-0.15, -0.1) is 0 Å². The summed E-state index contributed by atoms with van der Waals surface area (Å²) >= 11 is 1.31. The average molecular weight is 489 g/mol. The van der Waals surface area contributed by atoms with Crippen LogP contribution in [0.2, 0.25) is 0 Å². The summed E-state index contributed by atoms with van der Waals surface area (Å²) in [5, 5.41) is 10.8. The summed E-state index contributed by atoms with van der Waals surface area (Å²) < 4.78 is 10.5. The zero-order valence-corrected chi connectivity index (χ0v) is 21.5.